The first-order chi connectivity index (χ1) is 7.81. The number of methoxy groups -OCH3 is 1. The number of hydrogen-bond acceptors (Lipinski definition) is 3. The van der Waals surface area contributed by atoms with Crippen LogP contribution in [-0.2, 0) is 5.92 Å². The minimum Gasteiger partial charge on any atom is -0.493 e. The molecule has 0 saturated heterocycles. The molecular weight excluding hydrogens is 235 g/mol. The van der Waals surface area contributed by atoms with E-state index in [1.54, 1.807) is 0 Å². The van der Waals surface area contributed by atoms with Crippen molar-refractivity contribution in [2.45, 2.75) is 18.9 Å². The Labute approximate surface area is 97.0 Å². The Morgan fingerprint density at radius 1 is 1.47 bits per heavy atom. The Morgan fingerprint density at radius 2 is 2.06 bits per heavy atom. The standard InChI is InChI=1S/C11H14F3NO2/c1-11(13,14)6-3-7(9(15)5-16)10(17-2)8(12)4-6/h3-4,9,16H,5,15H2,1-2H3. The smallest absolute Gasteiger partial charge is 0.270 e. The Hall–Kier alpha value is -1.27. The van der Waals surface area contributed by atoms with Gasteiger partial charge in [0.1, 0.15) is 0 Å². The lowest BCUT2D eigenvalue weighted by Crippen LogP contribution is -2.18. The van der Waals surface area contributed by atoms with Crippen molar-refractivity contribution in [2.75, 3.05) is 13.7 Å². The van der Waals surface area contributed by atoms with Crippen LogP contribution in [-0.4, -0.2) is 18.8 Å². The summed E-state index contributed by atoms with van der Waals surface area (Å²) in [5, 5.41) is 8.90. The predicted molar refractivity (Wildman–Crippen MR) is 56.5 cm³/mol. The third kappa shape index (κ3) is 2.89. The number of aliphatic hydroxyl groups is 1. The highest BCUT2D eigenvalue weighted by Gasteiger charge is 2.28. The Morgan fingerprint density at radius 3 is 2.47 bits per heavy atom. The lowest BCUT2D eigenvalue weighted by atomic mass is 10.0. The average Bonchev–Trinajstić information content (AvgIpc) is 2.25. The topological polar surface area (TPSA) is 55.5 Å². The van der Waals surface area contributed by atoms with E-state index in [1.807, 2.05) is 0 Å². The fraction of sp³-hybridized carbons (Fsp3) is 0.455. The monoisotopic (exact) mass is 249 g/mol. The van der Waals surface area contributed by atoms with E-state index < -0.39 is 30.0 Å². The van der Waals surface area contributed by atoms with Gasteiger partial charge in [-0.25, -0.2) is 13.2 Å². The Balaban J connectivity index is 3.39. The van der Waals surface area contributed by atoms with Gasteiger partial charge < -0.3 is 15.6 Å². The van der Waals surface area contributed by atoms with Gasteiger partial charge >= 0.3 is 0 Å². The second-order valence-electron chi connectivity index (χ2n) is 3.76. The maximum atomic E-state index is 13.5. The fourth-order valence-electron chi connectivity index (χ4n) is 1.46. The molecule has 0 amide bonds. The van der Waals surface area contributed by atoms with E-state index in [1.165, 1.54) is 7.11 Å². The zero-order chi connectivity index (χ0) is 13.2. The minimum absolute atomic E-state index is 0.0199. The lowest BCUT2D eigenvalue weighted by Gasteiger charge is -2.18. The summed E-state index contributed by atoms with van der Waals surface area (Å²) >= 11 is 0. The molecule has 0 spiro atoms. The van der Waals surface area contributed by atoms with Crippen LogP contribution in [0.15, 0.2) is 12.1 Å². The molecule has 0 bridgehead atoms. The summed E-state index contributed by atoms with van der Waals surface area (Å²) in [7, 11) is 1.20. The van der Waals surface area contributed by atoms with Gasteiger partial charge in [0.05, 0.1) is 19.8 Å². The summed E-state index contributed by atoms with van der Waals surface area (Å²) < 4.78 is 44.5. The molecule has 3 N–H and O–H groups in total. The highest BCUT2D eigenvalue weighted by atomic mass is 19.3. The molecule has 96 valence electrons. The average molecular weight is 249 g/mol. The van der Waals surface area contributed by atoms with E-state index in [0.717, 1.165) is 6.07 Å². The molecule has 1 rings (SSSR count). The summed E-state index contributed by atoms with van der Waals surface area (Å²) in [6, 6.07) is 0.775. The molecule has 1 unspecified atom stereocenters. The number of nitrogens with two attached hydrogens (primary N) is 1. The molecule has 0 radical (unpaired) electrons. The molecule has 0 fully saturated rings. The summed E-state index contributed by atoms with van der Waals surface area (Å²) in [6.45, 7) is 0.164. The van der Waals surface area contributed by atoms with Crippen LogP contribution in [0.2, 0.25) is 0 Å². The molecule has 0 aliphatic carbocycles. The van der Waals surface area contributed by atoms with Gasteiger partial charge in [-0.05, 0) is 12.1 Å². The number of halogens is 3. The van der Waals surface area contributed by atoms with Crippen LogP contribution >= 0.6 is 0 Å². The van der Waals surface area contributed by atoms with Crippen molar-refractivity contribution in [3.05, 3.63) is 29.1 Å². The summed E-state index contributed by atoms with van der Waals surface area (Å²) in [5.74, 6) is -4.33. The van der Waals surface area contributed by atoms with E-state index in [-0.39, 0.29) is 11.3 Å². The van der Waals surface area contributed by atoms with Gasteiger partial charge in [-0.15, -0.1) is 0 Å². The number of ether oxygens (including phenoxy) is 1. The second kappa shape index (κ2) is 4.93. The number of hydrogen-bond donors (Lipinski definition) is 2. The van der Waals surface area contributed by atoms with Crippen LogP contribution < -0.4 is 10.5 Å². The van der Waals surface area contributed by atoms with Crippen LogP contribution in [0.25, 0.3) is 0 Å². The first kappa shape index (κ1) is 13.8. The maximum absolute atomic E-state index is 13.5. The third-order valence-electron chi connectivity index (χ3n) is 2.38. The van der Waals surface area contributed by atoms with Gasteiger partial charge in [0.25, 0.3) is 5.92 Å². The quantitative estimate of drug-likeness (QED) is 0.857. The number of aliphatic hydroxyl groups excluding tert-OH is 1. The molecule has 17 heavy (non-hydrogen) atoms. The number of benzene rings is 1. The van der Waals surface area contributed by atoms with Gasteiger partial charge in [0, 0.05) is 18.1 Å². The second-order valence-corrected chi connectivity index (χ2v) is 3.76. The largest absolute Gasteiger partial charge is 0.493 e. The van der Waals surface area contributed by atoms with Crippen molar-refractivity contribution >= 4 is 0 Å². The van der Waals surface area contributed by atoms with Gasteiger partial charge in [0.15, 0.2) is 11.6 Å². The molecule has 0 heterocycles. The maximum Gasteiger partial charge on any atom is 0.270 e. The third-order valence-corrected chi connectivity index (χ3v) is 2.38. The van der Waals surface area contributed by atoms with Crippen molar-refractivity contribution in [1.29, 1.82) is 0 Å². The summed E-state index contributed by atoms with van der Waals surface area (Å²) in [4.78, 5) is 0. The van der Waals surface area contributed by atoms with Crippen molar-refractivity contribution < 1.29 is 23.0 Å². The number of alkyl halides is 2. The van der Waals surface area contributed by atoms with Gasteiger partial charge in [-0.2, -0.15) is 0 Å². The molecule has 0 aromatic heterocycles. The molecule has 0 aliphatic rings. The molecule has 6 heteroatoms. The van der Waals surface area contributed by atoms with E-state index in [9.17, 15) is 13.2 Å². The van der Waals surface area contributed by atoms with Gasteiger partial charge in [0.2, 0.25) is 0 Å². The van der Waals surface area contributed by atoms with Crippen LogP contribution in [0.1, 0.15) is 24.1 Å². The van der Waals surface area contributed by atoms with Crippen LogP contribution in [0.5, 0.6) is 5.75 Å². The first-order valence-corrected chi connectivity index (χ1v) is 4.93. The molecule has 1 aromatic carbocycles. The van der Waals surface area contributed by atoms with Crippen LogP contribution in [0.4, 0.5) is 13.2 Å². The molecule has 3 nitrogen and oxygen atoms in total. The zero-order valence-corrected chi connectivity index (χ0v) is 9.51. The van der Waals surface area contributed by atoms with E-state index in [2.05, 4.69) is 0 Å². The highest BCUT2D eigenvalue weighted by Crippen LogP contribution is 2.35. The zero-order valence-electron chi connectivity index (χ0n) is 9.51. The van der Waals surface area contributed by atoms with E-state index >= 15 is 0 Å². The fourth-order valence-corrected chi connectivity index (χ4v) is 1.46. The molecule has 1 aromatic rings. The summed E-state index contributed by atoms with van der Waals surface area (Å²) in [5.41, 5.74) is 5.03. The van der Waals surface area contributed by atoms with Gasteiger partial charge in [-0.1, -0.05) is 0 Å². The molecule has 0 aliphatic heterocycles. The molecule has 0 saturated carbocycles. The van der Waals surface area contributed by atoms with E-state index in [0.29, 0.717) is 13.0 Å². The lowest BCUT2D eigenvalue weighted by molar-refractivity contribution is 0.0169. The van der Waals surface area contributed by atoms with Crippen molar-refractivity contribution in [3.8, 4) is 5.75 Å². The number of rotatable bonds is 4. The van der Waals surface area contributed by atoms with Crippen molar-refractivity contribution in [1.82, 2.24) is 0 Å². The predicted octanol–water partition coefficient (Wildman–Crippen LogP) is 1.94. The normalized spacial score (nSPS) is 13.6. The van der Waals surface area contributed by atoms with Gasteiger partial charge in [-0.3, -0.25) is 0 Å². The van der Waals surface area contributed by atoms with E-state index in [4.69, 9.17) is 15.6 Å². The van der Waals surface area contributed by atoms with Crippen LogP contribution in [0.3, 0.4) is 0 Å². The Bertz CT molecular complexity index is 404. The highest BCUT2D eigenvalue weighted by molar-refractivity contribution is 5.42. The first-order valence-electron chi connectivity index (χ1n) is 4.93. The van der Waals surface area contributed by atoms with Crippen LogP contribution in [0, 0.1) is 5.82 Å². The molecular formula is C11H14F3NO2. The van der Waals surface area contributed by atoms with Crippen molar-refractivity contribution in [2.24, 2.45) is 5.73 Å². The Kier molecular flexibility index (Phi) is 4.00. The van der Waals surface area contributed by atoms with Crippen molar-refractivity contribution in [3.63, 3.8) is 0 Å². The molecule has 1 atom stereocenters. The SMILES string of the molecule is COc1c(F)cc(C(C)(F)F)cc1C(N)CO. The summed E-state index contributed by atoms with van der Waals surface area (Å²) in [6.07, 6.45) is 0. The minimum atomic E-state index is -3.18.